The zero-order valence-corrected chi connectivity index (χ0v) is 20.3. The maximum absolute atomic E-state index is 10.5. The van der Waals surface area contributed by atoms with Crippen LogP contribution in [-0.4, -0.2) is 22.9 Å². The van der Waals surface area contributed by atoms with Crippen LogP contribution in [0.15, 0.2) is 48.5 Å². The summed E-state index contributed by atoms with van der Waals surface area (Å²) in [7, 11) is 0. The highest BCUT2D eigenvalue weighted by molar-refractivity contribution is 5.64. The van der Waals surface area contributed by atoms with E-state index in [0.29, 0.717) is 6.42 Å². The first-order chi connectivity index (χ1) is 15.6. The van der Waals surface area contributed by atoms with Gasteiger partial charge >= 0.3 is 0 Å². The first-order valence-electron chi connectivity index (χ1n) is 12.8. The molecule has 0 bridgehead atoms. The Hall–Kier alpha value is -1.84. The monoisotopic (exact) mass is 440 g/mol. The Bertz CT molecular complexity index is 708. The van der Waals surface area contributed by atoms with Crippen LogP contribution in [0.3, 0.4) is 0 Å². The van der Waals surface area contributed by atoms with Gasteiger partial charge in [0.1, 0.15) is 5.75 Å². The third kappa shape index (κ3) is 10.2. The van der Waals surface area contributed by atoms with Gasteiger partial charge in [0.15, 0.2) is 0 Å². The van der Waals surface area contributed by atoms with Crippen LogP contribution in [0.1, 0.15) is 103 Å². The minimum absolute atomic E-state index is 0.399. The first-order valence-corrected chi connectivity index (χ1v) is 12.8. The van der Waals surface area contributed by atoms with E-state index in [4.69, 9.17) is 4.74 Å². The minimum atomic E-state index is -0.622. The van der Waals surface area contributed by atoms with E-state index >= 15 is 0 Å². The van der Waals surface area contributed by atoms with Crippen LogP contribution in [0.2, 0.25) is 0 Å². The van der Waals surface area contributed by atoms with Crippen LogP contribution >= 0.6 is 0 Å². The number of benzene rings is 2. The van der Waals surface area contributed by atoms with Crippen LogP contribution in [0.5, 0.6) is 5.75 Å². The molecule has 2 rings (SSSR count). The van der Waals surface area contributed by atoms with Crippen LogP contribution in [-0.2, 0) is 0 Å². The normalized spacial score (nSPS) is 13.1. The Morgan fingerprint density at radius 1 is 0.656 bits per heavy atom. The topological polar surface area (TPSA) is 49.7 Å². The lowest BCUT2D eigenvalue weighted by Gasteiger charge is -2.16. The van der Waals surface area contributed by atoms with Gasteiger partial charge in [0.25, 0.3) is 0 Å². The Balaban J connectivity index is 1.75. The molecule has 3 nitrogen and oxygen atoms in total. The largest absolute Gasteiger partial charge is 0.494 e. The molecule has 0 spiro atoms. The summed E-state index contributed by atoms with van der Waals surface area (Å²) in [5, 5.41) is 20.7. The second kappa shape index (κ2) is 15.9. The number of ether oxygens (including phenoxy) is 1. The van der Waals surface area contributed by atoms with Crippen molar-refractivity contribution in [1.29, 1.82) is 0 Å². The van der Waals surface area contributed by atoms with Crippen LogP contribution in [0.25, 0.3) is 11.1 Å². The van der Waals surface area contributed by atoms with Gasteiger partial charge in [-0.25, -0.2) is 0 Å². The third-order valence-corrected chi connectivity index (χ3v) is 6.14. The lowest BCUT2D eigenvalue weighted by molar-refractivity contribution is 0.0739. The van der Waals surface area contributed by atoms with Crippen molar-refractivity contribution in [2.24, 2.45) is 0 Å². The van der Waals surface area contributed by atoms with E-state index in [2.05, 4.69) is 26.0 Å². The van der Waals surface area contributed by atoms with E-state index in [-0.39, 0.29) is 0 Å². The lowest BCUT2D eigenvalue weighted by atomic mass is 9.97. The predicted molar refractivity (Wildman–Crippen MR) is 135 cm³/mol. The van der Waals surface area contributed by atoms with Crippen LogP contribution in [0, 0.1) is 0 Å². The fourth-order valence-electron chi connectivity index (χ4n) is 4.03. The number of hydrogen-bond acceptors (Lipinski definition) is 3. The van der Waals surface area contributed by atoms with Gasteiger partial charge in [-0.05, 0) is 41.7 Å². The summed E-state index contributed by atoms with van der Waals surface area (Å²) >= 11 is 0. The van der Waals surface area contributed by atoms with Crippen molar-refractivity contribution < 1.29 is 14.9 Å². The van der Waals surface area contributed by atoms with Gasteiger partial charge in [0.2, 0.25) is 0 Å². The molecule has 0 unspecified atom stereocenters. The SMILES string of the molecule is CCCCCCCCOc1ccc(-c2ccc([C@@H](O)C[C@H](O)CCCCCC)cc2)cc1. The second-order valence-electron chi connectivity index (χ2n) is 9.02. The average Bonchev–Trinajstić information content (AvgIpc) is 2.82. The van der Waals surface area contributed by atoms with Gasteiger partial charge in [-0.1, -0.05) is 108 Å². The Labute approximate surface area is 195 Å². The molecule has 178 valence electrons. The molecule has 0 amide bonds. The van der Waals surface area contributed by atoms with Gasteiger partial charge in [0.05, 0.1) is 18.8 Å². The average molecular weight is 441 g/mol. The summed E-state index contributed by atoms with van der Waals surface area (Å²) in [5.74, 6) is 0.919. The van der Waals surface area contributed by atoms with Crippen molar-refractivity contribution in [2.45, 2.75) is 103 Å². The minimum Gasteiger partial charge on any atom is -0.494 e. The van der Waals surface area contributed by atoms with E-state index in [9.17, 15) is 10.2 Å². The molecule has 2 N–H and O–H groups in total. The molecule has 0 radical (unpaired) electrons. The van der Waals surface area contributed by atoms with Crippen molar-refractivity contribution in [2.75, 3.05) is 6.61 Å². The van der Waals surface area contributed by atoms with Gasteiger partial charge < -0.3 is 14.9 Å². The predicted octanol–water partition coefficient (Wildman–Crippen LogP) is 7.85. The Morgan fingerprint density at radius 2 is 1.19 bits per heavy atom. The van der Waals surface area contributed by atoms with Crippen molar-refractivity contribution in [3.63, 3.8) is 0 Å². The molecule has 0 aliphatic heterocycles. The highest BCUT2D eigenvalue weighted by Crippen LogP contribution is 2.26. The summed E-state index contributed by atoms with van der Waals surface area (Å²) in [5.41, 5.74) is 3.11. The van der Waals surface area contributed by atoms with E-state index in [1.54, 1.807) is 0 Å². The van der Waals surface area contributed by atoms with Gasteiger partial charge in [-0.3, -0.25) is 0 Å². The standard InChI is InChI=1S/C29H44O3/c1-3-5-7-9-10-12-22-32-28-20-18-25(19-21-28)24-14-16-26(17-15-24)29(31)23-27(30)13-11-8-6-4-2/h14-21,27,29-31H,3-13,22-23H2,1-2H3/t27-,29+/m1/s1. The Kier molecular flexibility index (Phi) is 13.1. The fraction of sp³-hybridized carbons (Fsp3) is 0.586. The molecule has 2 atom stereocenters. The lowest BCUT2D eigenvalue weighted by Crippen LogP contribution is -2.12. The molecule has 3 heteroatoms. The molecule has 2 aromatic rings. The van der Waals surface area contributed by atoms with Gasteiger partial charge in [-0.15, -0.1) is 0 Å². The summed E-state index contributed by atoms with van der Waals surface area (Å²) < 4.78 is 5.88. The van der Waals surface area contributed by atoms with Crippen molar-refractivity contribution in [3.8, 4) is 16.9 Å². The molecular weight excluding hydrogens is 396 g/mol. The van der Waals surface area contributed by atoms with E-state index < -0.39 is 12.2 Å². The molecule has 0 fully saturated rings. The first kappa shape index (κ1) is 26.4. The second-order valence-corrected chi connectivity index (χ2v) is 9.02. The summed E-state index contributed by atoms with van der Waals surface area (Å²) in [6.07, 6.45) is 12.3. The number of aliphatic hydroxyl groups is 2. The van der Waals surface area contributed by atoms with E-state index in [0.717, 1.165) is 54.7 Å². The molecule has 0 saturated carbocycles. The Morgan fingerprint density at radius 3 is 1.81 bits per heavy atom. The smallest absolute Gasteiger partial charge is 0.119 e. The third-order valence-electron chi connectivity index (χ3n) is 6.14. The maximum Gasteiger partial charge on any atom is 0.119 e. The summed E-state index contributed by atoms with van der Waals surface area (Å²) in [6.45, 7) is 5.21. The van der Waals surface area contributed by atoms with Crippen molar-refractivity contribution in [1.82, 2.24) is 0 Å². The molecular formula is C29H44O3. The van der Waals surface area contributed by atoms with Crippen LogP contribution in [0.4, 0.5) is 0 Å². The highest BCUT2D eigenvalue weighted by Gasteiger charge is 2.14. The molecule has 0 aliphatic rings. The molecule has 0 aliphatic carbocycles. The van der Waals surface area contributed by atoms with Crippen molar-refractivity contribution >= 4 is 0 Å². The molecule has 32 heavy (non-hydrogen) atoms. The molecule has 2 aromatic carbocycles. The van der Waals surface area contributed by atoms with Crippen molar-refractivity contribution in [3.05, 3.63) is 54.1 Å². The summed E-state index contributed by atoms with van der Waals surface area (Å²) in [6, 6.07) is 16.2. The van der Waals surface area contributed by atoms with E-state index in [1.165, 1.54) is 44.9 Å². The number of hydrogen-bond donors (Lipinski definition) is 2. The molecule has 0 saturated heterocycles. The molecule has 0 heterocycles. The highest BCUT2D eigenvalue weighted by atomic mass is 16.5. The van der Waals surface area contributed by atoms with Gasteiger partial charge in [-0.2, -0.15) is 0 Å². The maximum atomic E-state index is 10.5. The number of unbranched alkanes of at least 4 members (excludes halogenated alkanes) is 8. The number of rotatable bonds is 17. The number of aliphatic hydroxyl groups excluding tert-OH is 2. The quantitative estimate of drug-likeness (QED) is 0.246. The zero-order valence-electron chi connectivity index (χ0n) is 20.3. The van der Waals surface area contributed by atoms with E-state index in [1.807, 2.05) is 36.4 Å². The fourth-order valence-corrected chi connectivity index (χ4v) is 4.03. The van der Waals surface area contributed by atoms with Crippen LogP contribution < -0.4 is 4.74 Å². The summed E-state index contributed by atoms with van der Waals surface area (Å²) in [4.78, 5) is 0. The van der Waals surface area contributed by atoms with Gasteiger partial charge in [0, 0.05) is 6.42 Å². The zero-order chi connectivity index (χ0) is 23.0. The molecule has 0 aromatic heterocycles.